The van der Waals surface area contributed by atoms with Gasteiger partial charge in [-0.25, -0.2) is 4.79 Å². The lowest BCUT2D eigenvalue weighted by Gasteiger charge is -2.20. The number of carbonyl (C=O) groups is 2. The van der Waals surface area contributed by atoms with E-state index in [0.29, 0.717) is 12.2 Å². The van der Waals surface area contributed by atoms with Gasteiger partial charge in [-0.2, -0.15) is 4.57 Å². The number of nitrogens with zero attached hydrogens (tertiary/aromatic N) is 2. The molecule has 0 aliphatic heterocycles. The molecule has 210 valence electrons. The average molecular weight is 549 g/mol. The van der Waals surface area contributed by atoms with E-state index in [2.05, 4.69) is 70.7 Å². The fourth-order valence-corrected chi connectivity index (χ4v) is 5.46. The summed E-state index contributed by atoms with van der Waals surface area (Å²) in [5, 5.41) is 5.10. The maximum absolute atomic E-state index is 13.8. The highest BCUT2D eigenvalue weighted by molar-refractivity contribution is 6.09. The molecule has 0 aliphatic rings. The monoisotopic (exact) mass is 548 g/mol. The molecule has 1 N–H and O–H groups in total. The number of esters is 1. The summed E-state index contributed by atoms with van der Waals surface area (Å²) in [7, 11) is 0. The molecule has 1 amide bonds. The molecule has 6 heteroatoms. The fraction of sp³-hybridized carbons (Fsp3) is 0.286. The molecule has 3 aromatic carbocycles. The molecule has 0 radical (unpaired) electrons. The van der Waals surface area contributed by atoms with E-state index in [0.717, 1.165) is 46.8 Å². The first-order valence-electron chi connectivity index (χ1n) is 14.5. The van der Waals surface area contributed by atoms with Crippen molar-refractivity contribution in [2.45, 2.75) is 52.7 Å². The van der Waals surface area contributed by atoms with Crippen LogP contribution in [0.15, 0.2) is 97.2 Å². The number of nitrogens with one attached hydrogen (secondary N) is 1. The van der Waals surface area contributed by atoms with Crippen molar-refractivity contribution in [1.29, 1.82) is 0 Å². The summed E-state index contributed by atoms with van der Waals surface area (Å²) >= 11 is 0. The number of pyridine rings is 1. The number of hydrogen-bond acceptors (Lipinski definition) is 3. The number of fused-ring (bicyclic) bond motifs is 3. The summed E-state index contributed by atoms with van der Waals surface area (Å²) in [5.74, 6) is -0.826. The molecule has 0 fully saturated rings. The molecule has 5 aromatic rings. The highest BCUT2D eigenvalue weighted by Crippen LogP contribution is 2.29. The van der Waals surface area contributed by atoms with Crippen LogP contribution in [0.5, 0.6) is 0 Å². The van der Waals surface area contributed by atoms with Crippen molar-refractivity contribution in [2.75, 3.05) is 6.61 Å². The van der Waals surface area contributed by atoms with Crippen LogP contribution in [-0.2, 0) is 29.0 Å². The molecule has 2 heterocycles. The predicted molar refractivity (Wildman–Crippen MR) is 163 cm³/mol. The van der Waals surface area contributed by atoms with Gasteiger partial charge in [0, 0.05) is 34.5 Å². The minimum Gasteiger partial charge on any atom is -0.464 e. The standard InChI is InChI=1S/C35H37N3O3/c1-4-41-35(40)33(25(2)3)36-34(39)31-22-29-28-19-11-12-20-30(28)38(21-13-18-26-14-7-5-8-15-26)32(29)24-37(31)23-27-16-9-6-10-17-27/h5-12,14-17,19-20,22,24-25,33H,4,13,18,21,23H2,1-3H3/p+1/t33-/m0/s1. The second kappa shape index (κ2) is 12.8. The van der Waals surface area contributed by atoms with Crippen LogP contribution in [0, 0.1) is 5.92 Å². The smallest absolute Gasteiger partial charge is 0.328 e. The summed E-state index contributed by atoms with van der Waals surface area (Å²) in [5.41, 5.74) is 5.14. The third-order valence-electron chi connectivity index (χ3n) is 7.53. The lowest BCUT2D eigenvalue weighted by Crippen LogP contribution is -2.50. The molecule has 2 aromatic heterocycles. The van der Waals surface area contributed by atoms with Gasteiger partial charge in [0.2, 0.25) is 0 Å². The van der Waals surface area contributed by atoms with Gasteiger partial charge in [0.1, 0.15) is 11.6 Å². The number of benzene rings is 3. The zero-order valence-corrected chi connectivity index (χ0v) is 24.0. The van der Waals surface area contributed by atoms with E-state index in [9.17, 15) is 9.59 Å². The van der Waals surface area contributed by atoms with Crippen LogP contribution >= 0.6 is 0 Å². The molecule has 6 nitrogen and oxygen atoms in total. The Morgan fingerprint density at radius 1 is 0.854 bits per heavy atom. The van der Waals surface area contributed by atoms with Crippen LogP contribution in [0.2, 0.25) is 0 Å². The number of aromatic nitrogens is 2. The van der Waals surface area contributed by atoms with E-state index in [1.54, 1.807) is 6.92 Å². The first-order chi connectivity index (χ1) is 20.0. The zero-order chi connectivity index (χ0) is 28.8. The quantitative estimate of drug-likeness (QED) is 0.161. The summed E-state index contributed by atoms with van der Waals surface area (Å²) < 4.78 is 9.63. The van der Waals surface area contributed by atoms with Crippen LogP contribution in [0.3, 0.4) is 0 Å². The summed E-state index contributed by atoms with van der Waals surface area (Å²) in [6.45, 7) is 7.24. The Morgan fingerprint density at radius 3 is 2.20 bits per heavy atom. The maximum Gasteiger partial charge on any atom is 0.328 e. The van der Waals surface area contributed by atoms with Gasteiger partial charge < -0.3 is 14.6 Å². The third-order valence-corrected chi connectivity index (χ3v) is 7.53. The fourth-order valence-electron chi connectivity index (χ4n) is 5.46. The van der Waals surface area contributed by atoms with Crippen LogP contribution in [0.1, 0.15) is 48.8 Å². The van der Waals surface area contributed by atoms with Gasteiger partial charge in [0.25, 0.3) is 5.69 Å². The number of amides is 1. The van der Waals surface area contributed by atoms with Gasteiger partial charge in [-0.1, -0.05) is 92.7 Å². The van der Waals surface area contributed by atoms with Gasteiger partial charge in [-0.05, 0) is 37.3 Å². The molecule has 0 unspecified atom stereocenters. The topological polar surface area (TPSA) is 64.2 Å². The van der Waals surface area contributed by atoms with E-state index in [1.807, 2.05) is 54.8 Å². The van der Waals surface area contributed by atoms with Crippen LogP contribution in [0.25, 0.3) is 21.8 Å². The molecule has 0 spiro atoms. The number of aryl methyl sites for hydroxylation is 2. The first kappa shape index (κ1) is 28.1. The van der Waals surface area contributed by atoms with Crippen molar-refractivity contribution in [3.8, 4) is 0 Å². The van der Waals surface area contributed by atoms with Crippen molar-refractivity contribution in [2.24, 2.45) is 5.92 Å². The minimum absolute atomic E-state index is 0.115. The molecule has 0 saturated heterocycles. The van der Waals surface area contributed by atoms with E-state index in [1.165, 1.54) is 5.56 Å². The molecule has 1 atom stereocenters. The van der Waals surface area contributed by atoms with Crippen LogP contribution < -0.4 is 9.88 Å². The molecule has 0 bridgehead atoms. The summed E-state index contributed by atoms with van der Waals surface area (Å²) in [6.07, 6.45) is 4.08. The highest BCUT2D eigenvalue weighted by Gasteiger charge is 2.30. The average Bonchev–Trinajstić information content (AvgIpc) is 3.29. The van der Waals surface area contributed by atoms with Crippen LogP contribution in [-0.4, -0.2) is 29.1 Å². The van der Waals surface area contributed by atoms with Gasteiger partial charge in [-0.15, -0.1) is 0 Å². The van der Waals surface area contributed by atoms with E-state index >= 15 is 0 Å². The first-order valence-corrected chi connectivity index (χ1v) is 14.5. The number of hydrogen-bond donors (Lipinski definition) is 1. The lowest BCUT2D eigenvalue weighted by molar-refractivity contribution is -0.689. The third kappa shape index (κ3) is 6.32. The van der Waals surface area contributed by atoms with E-state index in [-0.39, 0.29) is 18.4 Å². The number of carbonyl (C=O) groups excluding carboxylic acids is 2. The number of para-hydroxylation sites is 1. The second-order valence-electron chi connectivity index (χ2n) is 10.8. The van der Waals surface area contributed by atoms with E-state index in [4.69, 9.17) is 4.74 Å². The maximum atomic E-state index is 13.8. The second-order valence-corrected chi connectivity index (χ2v) is 10.8. The van der Waals surface area contributed by atoms with Crippen molar-refractivity contribution in [3.05, 3.63) is 114 Å². The Morgan fingerprint density at radius 2 is 1.51 bits per heavy atom. The number of rotatable bonds is 11. The van der Waals surface area contributed by atoms with Gasteiger partial charge in [-0.3, -0.25) is 4.79 Å². The molecule has 0 aliphatic carbocycles. The Kier molecular flexibility index (Phi) is 8.78. The normalized spacial score (nSPS) is 12.1. The SMILES string of the molecule is CCOC(=O)[C@@H](NC(=O)c1cc2c3ccccc3n(CCCc3ccccc3)c2c[n+]1Cc1ccccc1)C(C)C. The minimum atomic E-state index is -0.734. The molecule has 0 saturated carbocycles. The van der Waals surface area contributed by atoms with Crippen molar-refractivity contribution < 1.29 is 18.9 Å². The molecule has 41 heavy (non-hydrogen) atoms. The van der Waals surface area contributed by atoms with Crippen molar-refractivity contribution >= 4 is 33.7 Å². The summed E-state index contributed by atoms with van der Waals surface area (Å²) in [4.78, 5) is 26.5. The Labute approximate surface area is 241 Å². The van der Waals surface area contributed by atoms with Crippen molar-refractivity contribution in [1.82, 2.24) is 9.88 Å². The van der Waals surface area contributed by atoms with Crippen molar-refractivity contribution in [3.63, 3.8) is 0 Å². The van der Waals surface area contributed by atoms with Gasteiger partial charge in [0.05, 0.1) is 6.61 Å². The highest BCUT2D eigenvalue weighted by atomic mass is 16.5. The summed E-state index contributed by atoms with van der Waals surface area (Å²) in [6, 6.07) is 30.3. The molecule has 5 rings (SSSR count). The van der Waals surface area contributed by atoms with Gasteiger partial charge in [0.15, 0.2) is 12.7 Å². The predicted octanol–water partition coefficient (Wildman–Crippen LogP) is 6.08. The zero-order valence-electron chi connectivity index (χ0n) is 24.0. The van der Waals surface area contributed by atoms with Gasteiger partial charge >= 0.3 is 11.9 Å². The lowest BCUT2D eigenvalue weighted by atomic mass is 10.0. The Balaban J connectivity index is 1.58. The Bertz CT molecular complexity index is 1640. The Hall–Kier alpha value is -4.45. The largest absolute Gasteiger partial charge is 0.464 e. The molecular formula is C35H38N3O3+. The van der Waals surface area contributed by atoms with Crippen LogP contribution in [0.4, 0.5) is 0 Å². The molecular weight excluding hydrogens is 510 g/mol. The number of ether oxygens (including phenoxy) is 1. The van der Waals surface area contributed by atoms with E-state index < -0.39 is 12.0 Å².